The van der Waals surface area contributed by atoms with Gasteiger partial charge in [0.2, 0.25) is 10.0 Å². The van der Waals surface area contributed by atoms with E-state index in [0.717, 1.165) is 30.7 Å². The molecule has 118 valence electrons. The molecule has 0 bridgehead atoms. The van der Waals surface area contributed by atoms with Gasteiger partial charge >= 0.3 is 0 Å². The van der Waals surface area contributed by atoms with E-state index in [9.17, 15) is 8.42 Å². The molecule has 7 heteroatoms. The van der Waals surface area contributed by atoms with Gasteiger partial charge in [0.05, 0.1) is 17.0 Å². The van der Waals surface area contributed by atoms with Crippen LogP contribution in [0.3, 0.4) is 0 Å². The molecule has 1 aliphatic heterocycles. The Morgan fingerprint density at radius 3 is 2.90 bits per heavy atom. The van der Waals surface area contributed by atoms with Gasteiger partial charge in [0.25, 0.3) is 0 Å². The van der Waals surface area contributed by atoms with Crippen LogP contribution >= 0.6 is 11.3 Å². The second-order valence-corrected chi connectivity index (χ2v) is 8.36. The van der Waals surface area contributed by atoms with Gasteiger partial charge in [-0.2, -0.15) is 0 Å². The van der Waals surface area contributed by atoms with E-state index in [1.54, 1.807) is 6.07 Å². The van der Waals surface area contributed by atoms with E-state index < -0.39 is 10.0 Å². The molecule has 2 aliphatic rings. The third-order valence-electron chi connectivity index (χ3n) is 4.06. The van der Waals surface area contributed by atoms with Crippen LogP contribution in [0.15, 0.2) is 16.3 Å². The molecule has 0 spiro atoms. The standard InChI is InChI=1S/C14H22N2O3S2/c1-2-15-9-12-13(6-8-20-12)21(17,18)16-11-5-7-19-14(11)10-3-4-10/h6,8,10-11,14-16H,2-5,7,9H2,1H3. The molecule has 1 aromatic rings. The van der Waals surface area contributed by atoms with Crippen LogP contribution in [0.2, 0.25) is 0 Å². The maximum absolute atomic E-state index is 12.6. The summed E-state index contributed by atoms with van der Waals surface area (Å²) in [5.41, 5.74) is 0. The summed E-state index contributed by atoms with van der Waals surface area (Å²) in [7, 11) is -3.46. The lowest BCUT2D eigenvalue weighted by molar-refractivity contribution is 0.0848. The average Bonchev–Trinajstić information content (AvgIpc) is 2.99. The number of hydrogen-bond acceptors (Lipinski definition) is 5. The fraction of sp³-hybridized carbons (Fsp3) is 0.714. The highest BCUT2D eigenvalue weighted by atomic mass is 32.2. The van der Waals surface area contributed by atoms with Crippen molar-refractivity contribution in [1.82, 2.24) is 10.0 Å². The Labute approximate surface area is 130 Å². The van der Waals surface area contributed by atoms with E-state index in [0.29, 0.717) is 24.0 Å². The lowest BCUT2D eigenvalue weighted by Gasteiger charge is -2.19. The van der Waals surface area contributed by atoms with Gasteiger partial charge in [0.15, 0.2) is 0 Å². The molecule has 1 aromatic heterocycles. The molecule has 1 saturated carbocycles. The molecule has 21 heavy (non-hydrogen) atoms. The second kappa shape index (κ2) is 6.34. The van der Waals surface area contributed by atoms with Gasteiger partial charge in [-0.05, 0) is 43.2 Å². The van der Waals surface area contributed by atoms with E-state index in [4.69, 9.17) is 4.74 Å². The van der Waals surface area contributed by atoms with Crippen LogP contribution < -0.4 is 10.0 Å². The lowest BCUT2D eigenvalue weighted by atomic mass is 10.1. The molecule has 2 fully saturated rings. The van der Waals surface area contributed by atoms with Crippen molar-refractivity contribution in [3.63, 3.8) is 0 Å². The largest absolute Gasteiger partial charge is 0.376 e. The number of thiophene rings is 1. The summed E-state index contributed by atoms with van der Waals surface area (Å²) >= 11 is 1.48. The summed E-state index contributed by atoms with van der Waals surface area (Å²) in [5.74, 6) is 0.545. The highest BCUT2D eigenvalue weighted by Gasteiger charge is 2.42. The third kappa shape index (κ3) is 3.48. The molecule has 5 nitrogen and oxygen atoms in total. The van der Waals surface area contributed by atoms with Gasteiger partial charge in [-0.3, -0.25) is 0 Å². The zero-order valence-corrected chi connectivity index (χ0v) is 13.8. The molecule has 0 amide bonds. The molecule has 2 unspecified atom stereocenters. The van der Waals surface area contributed by atoms with Crippen LogP contribution in [0.4, 0.5) is 0 Å². The summed E-state index contributed by atoms with van der Waals surface area (Å²) in [6, 6.07) is 1.62. The maximum atomic E-state index is 12.6. The number of sulfonamides is 1. The van der Waals surface area contributed by atoms with Crippen molar-refractivity contribution >= 4 is 21.4 Å². The minimum absolute atomic E-state index is 0.0654. The van der Waals surface area contributed by atoms with E-state index in [1.807, 2.05) is 12.3 Å². The maximum Gasteiger partial charge on any atom is 0.242 e. The Morgan fingerprint density at radius 2 is 2.19 bits per heavy atom. The minimum atomic E-state index is -3.46. The fourth-order valence-electron chi connectivity index (χ4n) is 2.83. The molecule has 3 rings (SSSR count). The van der Waals surface area contributed by atoms with Crippen LogP contribution in [0.1, 0.15) is 31.1 Å². The zero-order chi connectivity index (χ0) is 14.9. The summed E-state index contributed by atoms with van der Waals surface area (Å²) in [4.78, 5) is 1.28. The molecule has 2 atom stereocenters. The number of nitrogens with one attached hydrogen (secondary N) is 2. The summed E-state index contributed by atoms with van der Waals surface area (Å²) in [6.07, 6.45) is 3.16. The van der Waals surface area contributed by atoms with Gasteiger partial charge in [-0.15, -0.1) is 11.3 Å². The quantitative estimate of drug-likeness (QED) is 0.798. The predicted octanol–water partition coefficient (Wildman–Crippen LogP) is 1.70. The number of ether oxygens (including phenoxy) is 1. The summed E-state index contributed by atoms with van der Waals surface area (Å²) in [6.45, 7) is 4.08. The van der Waals surface area contributed by atoms with Crippen molar-refractivity contribution in [3.05, 3.63) is 16.3 Å². The van der Waals surface area contributed by atoms with Gasteiger partial charge in [-0.25, -0.2) is 13.1 Å². The van der Waals surface area contributed by atoms with Crippen LogP contribution in [0.25, 0.3) is 0 Å². The van der Waals surface area contributed by atoms with E-state index in [1.165, 1.54) is 11.3 Å². The topological polar surface area (TPSA) is 67.4 Å². The van der Waals surface area contributed by atoms with E-state index in [-0.39, 0.29) is 12.1 Å². The van der Waals surface area contributed by atoms with Crippen LogP contribution in [0.5, 0.6) is 0 Å². The Hall–Kier alpha value is -0.470. The molecule has 1 saturated heterocycles. The fourth-order valence-corrected chi connectivity index (χ4v) is 5.52. The smallest absolute Gasteiger partial charge is 0.242 e. The number of hydrogen-bond donors (Lipinski definition) is 2. The highest BCUT2D eigenvalue weighted by molar-refractivity contribution is 7.89. The summed E-state index contributed by atoms with van der Waals surface area (Å²) < 4.78 is 33.9. The van der Waals surface area contributed by atoms with E-state index in [2.05, 4.69) is 10.0 Å². The lowest BCUT2D eigenvalue weighted by Crippen LogP contribution is -2.41. The van der Waals surface area contributed by atoms with E-state index >= 15 is 0 Å². The molecule has 1 aliphatic carbocycles. The van der Waals surface area contributed by atoms with Crippen molar-refractivity contribution in [1.29, 1.82) is 0 Å². The summed E-state index contributed by atoms with van der Waals surface area (Å²) in [5, 5.41) is 5.03. The van der Waals surface area contributed by atoms with Gasteiger partial charge in [0.1, 0.15) is 0 Å². The highest BCUT2D eigenvalue weighted by Crippen LogP contribution is 2.39. The molecular weight excluding hydrogens is 308 g/mol. The first-order valence-corrected chi connectivity index (χ1v) is 9.89. The van der Waals surface area contributed by atoms with Crippen LogP contribution in [0, 0.1) is 5.92 Å². The van der Waals surface area contributed by atoms with Crippen molar-refractivity contribution in [3.8, 4) is 0 Å². The third-order valence-corrected chi connectivity index (χ3v) is 6.68. The first kappa shape index (κ1) is 15.4. The predicted molar refractivity (Wildman–Crippen MR) is 82.9 cm³/mol. The Bertz CT molecular complexity index is 581. The molecule has 2 N–H and O–H groups in total. The SMILES string of the molecule is CCNCc1sccc1S(=O)(=O)NC1CCOC1C1CC1. The molecule has 0 radical (unpaired) electrons. The Kier molecular flexibility index (Phi) is 4.66. The Morgan fingerprint density at radius 1 is 1.38 bits per heavy atom. The van der Waals surface area contributed by atoms with Gasteiger partial charge in [-0.1, -0.05) is 6.92 Å². The van der Waals surface area contributed by atoms with Crippen LogP contribution in [-0.2, 0) is 21.3 Å². The second-order valence-electron chi connectivity index (χ2n) is 5.68. The van der Waals surface area contributed by atoms with Crippen LogP contribution in [-0.4, -0.2) is 33.7 Å². The van der Waals surface area contributed by atoms with Crippen molar-refractivity contribution in [2.45, 2.75) is 49.8 Å². The first-order valence-electron chi connectivity index (χ1n) is 7.53. The normalized spacial score (nSPS) is 26.3. The van der Waals surface area contributed by atoms with Crippen molar-refractivity contribution < 1.29 is 13.2 Å². The molecule has 2 heterocycles. The van der Waals surface area contributed by atoms with Crippen molar-refractivity contribution in [2.75, 3.05) is 13.2 Å². The monoisotopic (exact) mass is 330 g/mol. The molecular formula is C14H22N2O3S2. The molecule has 0 aromatic carbocycles. The average molecular weight is 330 g/mol. The van der Waals surface area contributed by atoms with Gasteiger partial charge < -0.3 is 10.1 Å². The first-order chi connectivity index (χ1) is 10.1. The van der Waals surface area contributed by atoms with Crippen molar-refractivity contribution in [2.24, 2.45) is 5.92 Å². The number of rotatable bonds is 7. The van der Waals surface area contributed by atoms with Gasteiger partial charge in [0, 0.05) is 18.0 Å². The Balaban J connectivity index is 1.72. The zero-order valence-electron chi connectivity index (χ0n) is 12.2. The minimum Gasteiger partial charge on any atom is -0.376 e.